The van der Waals surface area contributed by atoms with Crippen molar-refractivity contribution >= 4 is 57.5 Å². The molecular formula is C29H36O6S5. The molecule has 0 aromatic carbocycles. The highest BCUT2D eigenvalue weighted by molar-refractivity contribution is 8.00. The monoisotopic (exact) mass is 640 g/mol. The van der Waals surface area contributed by atoms with Crippen LogP contribution in [0.3, 0.4) is 0 Å². The minimum atomic E-state index is -0.133. The van der Waals surface area contributed by atoms with Gasteiger partial charge in [0.1, 0.15) is 8.42 Å². The van der Waals surface area contributed by atoms with Gasteiger partial charge < -0.3 is 28.4 Å². The molecule has 6 nitrogen and oxygen atoms in total. The van der Waals surface area contributed by atoms with Crippen LogP contribution >= 0.6 is 57.5 Å². The molecule has 40 heavy (non-hydrogen) atoms. The molecule has 0 saturated carbocycles. The fourth-order valence-electron chi connectivity index (χ4n) is 4.53. The Morgan fingerprint density at radius 2 is 0.675 bits per heavy atom. The van der Waals surface area contributed by atoms with Crippen molar-refractivity contribution in [2.45, 2.75) is 50.0 Å². The van der Waals surface area contributed by atoms with Gasteiger partial charge in [-0.3, -0.25) is 0 Å². The molecule has 6 heterocycles. The minimum Gasteiger partial charge on any atom is -0.487 e. The van der Waals surface area contributed by atoms with Crippen LogP contribution in [0.15, 0.2) is 8.42 Å². The summed E-state index contributed by atoms with van der Waals surface area (Å²) in [7, 11) is 0. The summed E-state index contributed by atoms with van der Waals surface area (Å²) in [4.78, 5) is 4.07. The van der Waals surface area contributed by atoms with Crippen molar-refractivity contribution < 1.29 is 28.4 Å². The molecule has 11 heteroatoms. The largest absolute Gasteiger partial charge is 0.487 e. The molecule has 3 aromatic rings. The third-order valence-electron chi connectivity index (χ3n) is 6.83. The van der Waals surface area contributed by atoms with E-state index >= 15 is 0 Å². The summed E-state index contributed by atoms with van der Waals surface area (Å²) in [6.45, 7) is 16.5. The third-order valence-corrected chi connectivity index (χ3v) is 12.8. The lowest BCUT2D eigenvalue weighted by molar-refractivity contribution is 0.139. The van der Waals surface area contributed by atoms with Gasteiger partial charge in [-0.15, -0.1) is 57.5 Å². The van der Waals surface area contributed by atoms with E-state index in [1.165, 1.54) is 0 Å². The van der Waals surface area contributed by atoms with Gasteiger partial charge in [0, 0.05) is 16.2 Å². The fourth-order valence-corrected chi connectivity index (χ4v) is 9.66. The Hall–Kier alpha value is -1.40. The van der Waals surface area contributed by atoms with Crippen molar-refractivity contribution in [2.24, 2.45) is 16.2 Å². The molecule has 0 atom stereocenters. The van der Waals surface area contributed by atoms with Crippen molar-refractivity contribution in [1.29, 1.82) is 0 Å². The molecule has 0 aliphatic carbocycles. The first-order valence-electron chi connectivity index (χ1n) is 13.3. The number of hydrogen-bond acceptors (Lipinski definition) is 11. The lowest BCUT2D eigenvalue weighted by Gasteiger charge is -2.21. The second kappa shape index (κ2) is 10.4. The maximum atomic E-state index is 6.61. The fraction of sp³-hybridized carbons (Fsp3) is 0.586. The van der Waals surface area contributed by atoms with Crippen molar-refractivity contribution in [3.63, 3.8) is 0 Å². The van der Waals surface area contributed by atoms with Gasteiger partial charge in [-0.1, -0.05) is 41.5 Å². The molecule has 0 N–H and O–H groups in total. The number of thiophene rings is 3. The standard InChI is InChI=1S/C29H36O6S5/c1-27(2)9-30-15-16(31-10-27)22(24-18-20(26(37-8)40-24)35-14-29(5,6)12-33-18)38-21(15)23-17-19(25(36-7)39-23)34-13-28(3,4)11-32-17/h9-14H2,1-8H3. The van der Waals surface area contributed by atoms with E-state index in [0.717, 1.165) is 62.4 Å². The Labute approximate surface area is 257 Å². The first kappa shape index (κ1) is 28.7. The van der Waals surface area contributed by atoms with E-state index in [2.05, 4.69) is 54.1 Å². The van der Waals surface area contributed by atoms with Crippen LogP contribution in [-0.4, -0.2) is 52.2 Å². The van der Waals surface area contributed by atoms with Gasteiger partial charge >= 0.3 is 0 Å². The SMILES string of the molecule is CSc1sc(-c2sc(-c3sc(SC)c4c3OCC(C)(C)CO4)c3c2OCC(C)(C)CO3)c2c1OCC(C)(C)CO2. The van der Waals surface area contributed by atoms with Gasteiger partial charge in [-0.25, -0.2) is 0 Å². The molecule has 218 valence electrons. The van der Waals surface area contributed by atoms with Gasteiger partial charge in [0.05, 0.1) is 59.1 Å². The van der Waals surface area contributed by atoms with E-state index in [-0.39, 0.29) is 16.2 Å². The zero-order valence-electron chi connectivity index (χ0n) is 24.2. The van der Waals surface area contributed by atoms with Crippen LogP contribution in [0.5, 0.6) is 34.5 Å². The molecule has 0 bridgehead atoms. The van der Waals surface area contributed by atoms with Gasteiger partial charge in [0.15, 0.2) is 34.5 Å². The second-order valence-corrected chi connectivity index (χ2v) is 18.0. The van der Waals surface area contributed by atoms with Crippen LogP contribution in [-0.2, 0) is 0 Å². The van der Waals surface area contributed by atoms with Gasteiger partial charge in [0.25, 0.3) is 0 Å². The molecule has 0 fully saturated rings. The topological polar surface area (TPSA) is 55.4 Å². The van der Waals surface area contributed by atoms with E-state index in [9.17, 15) is 0 Å². The average molecular weight is 641 g/mol. The minimum absolute atomic E-state index is 0.0847. The number of hydrogen-bond donors (Lipinski definition) is 0. The Morgan fingerprint density at radius 3 is 0.975 bits per heavy atom. The van der Waals surface area contributed by atoms with Gasteiger partial charge in [-0.2, -0.15) is 0 Å². The predicted octanol–water partition coefficient (Wildman–Crippen LogP) is 9.04. The summed E-state index contributed by atoms with van der Waals surface area (Å²) >= 11 is 8.45. The smallest absolute Gasteiger partial charge is 0.186 e. The maximum absolute atomic E-state index is 6.61. The highest BCUT2D eigenvalue weighted by Crippen LogP contribution is 2.64. The summed E-state index contributed by atoms with van der Waals surface area (Å²) in [5.74, 6) is 4.84. The Bertz CT molecular complexity index is 1330. The summed E-state index contributed by atoms with van der Waals surface area (Å²) in [6, 6.07) is 0. The number of fused-ring (bicyclic) bond motifs is 3. The summed E-state index contributed by atoms with van der Waals surface area (Å²) in [5.41, 5.74) is -0.302. The molecule has 3 aliphatic rings. The van der Waals surface area contributed by atoms with Crippen LogP contribution in [0.25, 0.3) is 19.5 Å². The zero-order valence-corrected chi connectivity index (χ0v) is 28.3. The zero-order chi connectivity index (χ0) is 28.4. The second-order valence-electron chi connectivity index (χ2n) is 12.8. The first-order valence-corrected chi connectivity index (χ1v) is 18.2. The molecule has 0 saturated heterocycles. The number of rotatable bonds is 4. The maximum Gasteiger partial charge on any atom is 0.186 e. The molecule has 0 unspecified atom stereocenters. The molecule has 3 aliphatic heterocycles. The normalized spacial score (nSPS) is 20.4. The average Bonchev–Trinajstić information content (AvgIpc) is 3.44. The molecule has 6 rings (SSSR count). The van der Waals surface area contributed by atoms with E-state index < -0.39 is 0 Å². The summed E-state index contributed by atoms with van der Waals surface area (Å²) in [6.07, 6.45) is 4.17. The lowest BCUT2D eigenvalue weighted by Crippen LogP contribution is -2.26. The lowest BCUT2D eigenvalue weighted by atomic mass is 9.96. The van der Waals surface area contributed by atoms with Crippen LogP contribution < -0.4 is 28.4 Å². The first-order chi connectivity index (χ1) is 18.9. The molecular weight excluding hydrogens is 605 g/mol. The van der Waals surface area contributed by atoms with E-state index in [4.69, 9.17) is 28.4 Å². The highest BCUT2D eigenvalue weighted by atomic mass is 32.2. The number of thioether (sulfide) groups is 2. The Morgan fingerprint density at radius 1 is 0.425 bits per heavy atom. The molecule has 0 amide bonds. The Kier molecular flexibility index (Phi) is 7.46. The Balaban J connectivity index is 1.54. The predicted molar refractivity (Wildman–Crippen MR) is 169 cm³/mol. The van der Waals surface area contributed by atoms with Crippen LogP contribution in [0.2, 0.25) is 0 Å². The third kappa shape index (κ3) is 5.18. The summed E-state index contributed by atoms with van der Waals surface area (Å²) in [5, 5.41) is 0. The molecule has 3 aromatic heterocycles. The van der Waals surface area contributed by atoms with Crippen molar-refractivity contribution in [2.75, 3.05) is 52.2 Å². The van der Waals surface area contributed by atoms with Crippen molar-refractivity contribution in [1.82, 2.24) is 0 Å². The molecule has 0 radical (unpaired) electrons. The van der Waals surface area contributed by atoms with E-state index in [1.807, 2.05) is 0 Å². The molecule has 0 spiro atoms. The van der Waals surface area contributed by atoms with Crippen molar-refractivity contribution in [3.05, 3.63) is 0 Å². The van der Waals surface area contributed by atoms with Crippen molar-refractivity contribution in [3.8, 4) is 54.0 Å². The van der Waals surface area contributed by atoms with Gasteiger partial charge in [-0.05, 0) is 12.5 Å². The van der Waals surface area contributed by atoms with Crippen LogP contribution in [0, 0.1) is 16.2 Å². The quantitative estimate of drug-likeness (QED) is 0.262. The van der Waals surface area contributed by atoms with Crippen LogP contribution in [0.4, 0.5) is 0 Å². The van der Waals surface area contributed by atoms with Gasteiger partial charge in [0.2, 0.25) is 0 Å². The number of ether oxygens (including phenoxy) is 6. The highest BCUT2D eigenvalue weighted by Gasteiger charge is 2.39. The van der Waals surface area contributed by atoms with E-state index in [1.54, 1.807) is 57.5 Å². The summed E-state index contributed by atoms with van der Waals surface area (Å²) < 4.78 is 41.2. The van der Waals surface area contributed by atoms with E-state index in [0.29, 0.717) is 39.6 Å². The van der Waals surface area contributed by atoms with Crippen LogP contribution in [0.1, 0.15) is 41.5 Å².